The molecule has 3 aliphatic heterocycles. The topological polar surface area (TPSA) is 87.5 Å². The molecule has 3 saturated heterocycles. The summed E-state index contributed by atoms with van der Waals surface area (Å²) in [5.41, 5.74) is 0.861. The molecule has 2 unspecified atom stereocenters. The van der Waals surface area contributed by atoms with Crippen LogP contribution in [-0.2, 0) is 4.79 Å². The molecule has 2 amide bonds. The fourth-order valence-electron chi connectivity index (χ4n) is 3.96. The van der Waals surface area contributed by atoms with Crippen LogP contribution >= 0.6 is 0 Å². The summed E-state index contributed by atoms with van der Waals surface area (Å²) in [6, 6.07) is 3.82. The van der Waals surface area contributed by atoms with Crippen LogP contribution in [0.5, 0.6) is 0 Å². The molecule has 0 spiro atoms. The number of fused-ring (bicyclic) bond motifs is 4. The minimum atomic E-state index is -0.177. The van der Waals surface area contributed by atoms with Gasteiger partial charge in [0.25, 0.3) is 5.91 Å². The van der Waals surface area contributed by atoms with E-state index < -0.39 is 0 Å². The summed E-state index contributed by atoms with van der Waals surface area (Å²) < 4.78 is 5.49. The van der Waals surface area contributed by atoms with Crippen LogP contribution in [0.4, 0.5) is 5.88 Å². The van der Waals surface area contributed by atoms with Crippen molar-refractivity contribution in [2.75, 3.05) is 18.4 Å². The van der Waals surface area contributed by atoms with Gasteiger partial charge >= 0.3 is 0 Å². The Kier molecular flexibility index (Phi) is 3.72. The van der Waals surface area contributed by atoms with Crippen LogP contribution in [0.25, 0.3) is 11.0 Å². The Labute approximate surface area is 139 Å². The SMILES string of the molecule is CC1C(NC(=O)c2cc3oc(NC=O)cc3cn2)C2CCN1CC2. The van der Waals surface area contributed by atoms with Gasteiger partial charge in [0.2, 0.25) is 12.3 Å². The Hall–Kier alpha value is -2.41. The van der Waals surface area contributed by atoms with Crippen LogP contribution in [0.3, 0.4) is 0 Å². The lowest BCUT2D eigenvalue weighted by atomic mass is 9.79. The Morgan fingerprint density at radius 2 is 2.17 bits per heavy atom. The highest BCUT2D eigenvalue weighted by Crippen LogP contribution is 2.32. The van der Waals surface area contributed by atoms with Gasteiger partial charge in [0.15, 0.2) is 0 Å². The molecule has 2 aromatic heterocycles. The number of aromatic nitrogens is 1. The monoisotopic (exact) mass is 328 g/mol. The van der Waals surface area contributed by atoms with Crippen molar-refractivity contribution in [3.63, 3.8) is 0 Å². The average molecular weight is 328 g/mol. The Balaban J connectivity index is 1.53. The molecule has 0 radical (unpaired) electrons. The third-order valence-corrected chi connectivity index (χ3v) is 5.31. The first-order valence-corrected chi connectivity index (χ1v) is 8.30. The first-order chi connectivity index (χ1) is 11.7. The molecule has 24 heavy (non-hydrogen) atoms. The summed E-state index contributed by atoms with van der Waals surface area (Å²) >= 11 is 0. The van der Waals surface area contributed by atoms with E-state index in [1.165, 1.54) is 0 Å². The molecular weight excluding hydrogens is 308 g/mol. The minimum absolute atomic E-state index is 0.168. The number of nitrogens with zero attached hydrogens (tertiary/aromatic N) is 2. The number of furan rings is 1. The molecule has 0 aromatic carbocycles. The van der Waals surface area contributed by atoms with Crippen LogP contribution in [0, 0.1) is 5.92 Å². The summed E-state index contributed by atoms with van der Waals surface area (Å²) in [5, 5.41) is 6.35. The third kappa shape index (κ3) is 2.54. The molecule has 2 atom stereocenters. The summed E-state index contributed by atoms with van der Waals surface area (Å²) in [5.74, 6) is 0.707. The van der Waals surface area contributed by atoms with Gasteiger partial charge in [-0.15, -0.1) is 0 Å². The second kappa shape index (κ2) is 5.90. The zero-order valence-electron chi connectivity index (χ0n) is 13.5. The Morgan fingerprint density at radius 3 is 2.88 bits per heavy atom. The predicted molar refractivity (Wildman–Crippen MR) is 88.7 cm³/mol. The Morgan fingerprint density at radius 1 is 1.38 bits per heavy atom. The number of nitrogens with one attached hydrogen (secondary N) is 2. The first-order valence-electron chi connectivity index (χ1n) is 8.30. The second-order valence-electron chi connectivity index (χ2n) is 6.59. The summed E-state index contributed by atoms with van der Waals surface area (Å²) in [6.07, 6.45) is 4.42. The van der Waals surface area contributed by atoms with E-state index >= 15 is 0 Å². The van der Waals surface area contributed by atoms with Crippen molar-refractivity contribution in [1.82, 2.24) is 15.2 Å². The van der Waals surface area contributed by atoms with Crippen LogP contribution in [-0.4, -0.2) is 47.4 Å². The maximum atomic E-state index is 12.6. The van der Waals surface area contributed by atoms with Crippen molar-refractivity contribution in [3.05, 3.63) is 24.0 Å². The molecule has 3 fully saturated rings. The fourth-order valence-corrected chi connectivity index (χ4v) is 3.96. The number of carbonyl (C=O) groups is 2. The van der Waals surface area contributed by atoms with Gasteiger partial charge in [0.05, 0.1) is 0 Å². The molecule has 7 heteroatoms. The van der Waals surface area contributed by atoms with E-state index in [0.29, 0.717) is 35.5 Å². The van der Waals surface area contributed by atoms with Gasteiger partial charge in [-0.05, 0) is 38.8 Å². The van der Waals surface area contributed by atoms with Crippen molar-refractivity contribution in [1.29, 1.82) is 0 Å². The summed E-state index contributed by atoms with van der Waals surface area (Å²) in [4.78, 5) is 29.8. The zero-order valence-corrected chi connectivity index (χ0v) is 13.5. The van der Waals surface area contributed by atoms with E-state index in [1.807, 2.05) is 0 Å². The lowest BCUT2D eigenvalue weighted by molar-refractivity contribution is -0.105. The minimum Gasteiger partial charge on any atom is -0.440 e. The normalized spacial score (nSPS) is 28.7. The predicted octanol–water partition coefficient (Wildman–Crippen LogP) is 1.61. The van der Waals surface area contributed by atoms with E-state index in [-0.39, 0.29) is 11.9 Å². The van der Waals surface area contributed by atoms with Gasteiger partial charge in [-0.25, -0.2) is 0 Å². The molecule has 5 rings (SSSR count). The molecule has 3 aliphatic rings. The number of pyridine rings is 1. The standard InChI is InChI=1S/C17H20N4O3/c1-10-16(11-2-4-21(10)5-3-11)20-17(23)13-7-14-12(8-18-13)6-15(24-14)19-9-22/h6-11,16H,2-5H2,1H3,(H,19,22)(H,20,23). The van der Waals surface area contributed by atoms with Crippen LogP contribution in [0.15, 0.2) is 22.7 Å². The van der Waals surface area contributed by atoms with Crippen molar-refractivity contribution >= 4 is 29.2 Å². The first kappa shape index (κ1) is 15.1. The fraction of sp³-hybridized carbons (Fsp3) is 0.471. The van der Waals surface area contributed by atoms with E-state index in [4.69, 9.17) is 4.42 Å². The van der Waals surface area contributed by atoms with Crippen LogP contribution in [0.2, 0.25) is 0 Å². The molecule has 0 saturated carbocycles. The lowest BCUT2D eigenvalue weighted by Gasteiger charge is -2.49. The van der Waals surface area contributed by atoms with Gasteiger partial charge in [0.1, 0.15) is 11.3 Å². The number of hydrogen-bond donors (Lipinski definition) is 2. The number of anilines is 1. The molecule has 5 heterocycles. The van der Waals surface area contributed by atoms with Crippen molar-refractivity contribution in [3.8, 4) is 0 Å². The highest BCUT2D eigenvalue weighted by molar-refractivity contribution is 5.96. The van der Waals surface area contributed by atoms with Gasteiger partial charge in [-0.3, -0.25) is 24.8 Å². The average Bonchev–Trinajstić information content (AvgIpc) is 3.00. The number of rotatable bonds is 4. The quantitative estimate of drug-likeness (QED) is 0.833. The van der Waals surface area contributed by atoms with Crippen molar-refractivity contribution < 1.29 is 14.0 Å². The maximum Gasteiger partial charge on any atom is 0.270 e. The maximum absolute atomic E-state index is 12.6. The summed E-state index contributed by atoms with van der Waals surface area (Å²) in [7, 11) is 0. The number of amides is 2. The van der Waals surface area contributed by atoms with Crippen LogP contribution in [0.1, 0.15) is 30.3 Å². The number of carbonyl (C=O) groups excluding carboxylic acids is 2. The number of piperidine rings is 3. The van der Waals surface area contributed by atoms with Gasteiger partial charge in [0, 0.05) is 35.8 Å². The van der Waals surface area contributed by atoms with Crippen LogP contribution < -0.4 is 10.6 Å². The third-order valence-electron chi connectivity index (χ3n) is 5.31. The molecule has 2 bridgehead atoms. The smallest absolute Gasteiger partial charge is 0.270 e. The molecular formula is C17H20N4O3. The van der Waals surface area contributed by atoms with Gasteiger partial charge in [-0.2, -0.15) is 0 Å². The van der Waals surface area contributed by atoms with Gasteiger partial charge in [-0.1, -0.05) is 0 Å². The lowest BCUT2D eigenvalue weighted by Crippen LogP contribution is -2.62. The second-order valence-corrected chi connectivity index (χ2v) is 6.59. The van der Waals surface area contributed by atoms with E-state index in [2.05, 4.69) is 27.4 Å². The molecule has 126 valence electrons. The molecule has 2 N–H and O–H groups in total. The van der Waals surface area contributed by atoms with Gasteiger partial charge < -0.3 is 9.73 Å². The van der Waals surface area contributed by atoms with Crippen molar-refractivity contribution in [2.24, 2.45) is 5.92 Å². The zero-order chi connectivity index (χ0) is 16.7. The highest BCUT2D eigenvalue weighted by atomic mass is 16.4. The van der Waals surface area contributed by atoms with Crippen molar-refractivity contribution in [2.45, 2.75) is 31.8 Å². The summed E-state index contributed by atoms with van der Waals surface area (Å²) in [6.45, 7) is 4.43. The van der Waals surface area contributed by atoms with E-state index in [0.717, 1.165) is 31.3 Å². The molecule has 7 nitrogen and oxygen atoms in total. The molecule has 2 aromatic rings. The largest absolute Gasteiger partial charge is 0.440 e. The Bertz CT molecular complexity index is 777. The van der Waals surface area contributed by atoms with E-state index in [1.54, 1.807) is 18.3 Å². The number of hydrogen-bond acceptors (Lipinski definition) is 5. The molecule has 0 aliphatic carbocycles. The van der Waals surface area contributed by atoms with E-state index in [9.17, 15) is 9.59 Å². The highest BCUT2D eigenvalue weighted by Gasteiger charge is 2.40.